The summed E-state index contributed by atoms with van der Waals surface area (Å²) in [5.74, 6) is -0.480. The predicted molar refractivity (Wildman–Crippen MR) is 86.5 cm³/mol. The fraction of sp³-hybridized carbons (Fsp3) is 0.538. The summed E-state index contributed by atoms with van der Waals surface area (Å²) < 4.78 is 13.3. The molecule has 2 rings (SSSR count). The highest BCUT2D eigenvalue weighted by Crippen LogP contribution is 2.42. The summed E-state index contributed by atoms with van der Waals surface area (Å²) in [5, 5.41) is 10.1. The zero-order valence-electron chi connectivity index (χ0n) is 11.9. The first-order chi connectivity index (χ1) is 9.05. The lowest BCUT2D eigenvalue weighted by Gasteiger charge is -2.32. The SMILES string of the molecule is CC1(C)OB([C@@H](N)c2c(O)cc(Br)cc2Br)OC1(C)C. The number of rotatable bonds is 2. The second kappa shape index (κ2) is 5.28. The maximum absolute atomic E-state index is 10.1. The highest BCUT2D eigenvalue weighted by Gasteiger charge is 2.53. The third-order valence-electron chi connectivity index (χ3n) is 3.97. The zero-order valence-corrected chi connectivity index (χ0v) is 15.1. The van der Waals surface area contributed by atoms with Gasteiger partial charge in [-0.15, -0.1) is 0 Å². The number of aromatic hydroxyl groups is 1. The average Bonchev–Trinajstić information content (AvgIpc) is 2.46. The first kappa shape index (κ1) is 16.3. The van der Waals surface area contributed by atoms with Crippen molar-refractivity contribution in [2.75, 3.05) is 0 Å². The highest BCUT2D eigenvalue weighted by atomic mass is 79.9. The summed E-state index contributed by atoms with van der Waals surface area (Å²) in [6.45, 7) is 7.87. The van der Waals surface area contributed by atoms with Crippen LogP contribution in [0.15, 0.2) is 21.1 Å². The molecule has 1 fully saturated rings. The molecule has 1 saturated heterocycles. The summed E-state index contributed by atoms with van der Waals surface area (Å²) in [6.07, 6.45) is 0. The molecule has 1 aliphatic heterocycles. The number of nitrogens with two attached hydrogens (primary N) is 1. The summed E-state index contributed by atoms with van der Waals surface area (Å²) >= 11 is 6.74. The van der Waals surface area contributed by atoms with Crippen LogP contribution in [-0.4, -0.2) is 23.4 Å². The van der Waals surface area contributed by atoms with Crippen LogP contribution >= 0.6 is 31.9 Å². The molecule has 0 radical (unpaired) electrons. The molecule has 0 spiro atoms. The minimum absolute atomic E-state index is 0.105. The minimum atomic E-state index is -0.608. The summed E-state index contributed by atoms with van der Waals surface area (Å²) in [5.41, 5.74) is 5.91. The minimum Gasteiger partial charge on any atom is -0.508 e. The highest BCUT2D eigenvalue weighted by molar-refractivity contribution is 9.11. The van der Waals surface area contributed by atoms with Gasteiger partial charge < -0.3 is 20.1 Å². The van der Waals surface area contributed by atoms with Crippen LogP contribution in [0.4, 0.5) is 0 Å². The van der Waals surface area contributed by atoms with Crippen molar-refractivity contribution in [2.24, 2.45) is 5.73 Å². The second-order valence-electron chi connectivity index (χ2n) is 5.97. The van der Waals surface area contributed by atoms with Crippen LogP contribution in [0.1, 0.15) is 39.2 Å². The molecule has 1 aliphatic rings. The van der Waals surface area contributed by atoms with Crippen molar-refractivity contribution >= 4 is 39.0 Å². The van der Waals surface area contributed by atoms with E-state index in [9.17, 15) is 5.11 Å². The molecule has 7 heteroatoms. The molecule has 0 bridgehead atoms. The van der Waals surface area contributed by atoms with Gasteiger partial charge in [-0.25, -0.2) is 0 Å². The first-order valence-corrected chi connectivity index (χ1v) is 7.93. The molecule has 0 aromatic heterocycles. The number of benzene rings is 1. The second-order valence-corrected chi connectivity index (χ2v) is 7.74. The Morgan fingerprint density at radius 1 is 1.15 bits per heavy atom. The Morgan fingerprint density at radius 3 is 2.10 bits per heavy atom. The number of hydrogen-bond acceptors (Lipinski definition) is 4. The largest absolute Gasteiger partial charge is 0.508 e. The number of phenolic OH excluding ortho intramolecular Hbond substituents is 1. The third kappa shape index (κ3) is 2.79. The van der Waals surface area contributed by atoms with Gasteiger partial charge in [0, 0.05) is 14.5 Å². The molecule has 0 unspecified atom stereocenters. The molecule has 20 heavy (non-hydrogen) atoms. The van der Waals surface area contributed by atoms with Crippen molar-refractivity contribution in [1.82, 2.24) is 0 Å². The topological polar surface area (TPSA) is 64.7 Å². The van der Waals surface area contributed by atoms with E-state index in [4.69, 9.17) is 15.0 Å². The lowest BCUT2D eigenvalue weighted by atomic mass is 9.74. The summed E-state index contributed by atoms with van der Waals surface area (Å²) in [4.78, 5) is 0. The van der Waals surface area contributed by atoms with Gasteiger partial charge in [0.15, 0.2) is 0 Å². The van der Waals surface area contributed by atoms with Crippen molar-refractivity contribution in [2.45, 2.75) is 44.8 Å². The van der Waals surface area contributed by atoms with E-state index in [2.05, 4.69) is 31.9 Å². The number of hydrogen-bond donors (Lipinski definition) is 2. The van der Waals surface area contributed by atoms with Gasteiger partial charge in [0.1, 0.15) is 5.75 Å². The molecular weight excluding hydrogens is 389 g/mol. The van der Waals surface area contributed by atoms with E-state index in [1.807, 2.05) is 33.8 Å². The van der Waals surface area contributed by atoms with Gasteiger partial charge in [-0.2, -0.15) is 0 Å². The predicted octanol–water partition coefficient (Wildman–Crippen LogP) is 3.55. The Kier molecular flexibility index (Phi) is 4.31. The Bertz CT molecular complexity index is 497. The van der Waals surface area contributed by atoms with Crippen molar-refractivity contribution < 1.29 is 14.4 Å². The van der Waals surface area contributed by atoms with Gasteiger partial charge in [-0.3, -0.25) is 0 Å². The molecule has 3 N–H and O–H groups in total. The standard InChI is InChI=1S/C13H18BBr2NO3/c1-12(2)13(3,4)20-14(19-12)11(17)10-8(16)5-7(15)6-9(10)18/h5-6,11,18H,17H2,1-4H3/t11-/m0/s1. The van der Waals surface area contributed by atoms with Crippen molar-refractivity contribution in [3.8, 4) is 5.75 Å². The quantitative estimate of drug-likeness (QED) is 0.737. The van der Waals surface area contributed by atoms with Crippen LogP contribution in [0.3, 0.4) is 0 Å². The van der Waals surface area contributed by atoms with Crippen molar-refractivity contribution in [3.63, 3.8) is 0 Å². The van der Waals surface area contributed by atoms with Gasteiger partial charge in [0.05, 0.1) is 17.1 Å². The zero-order chi connectivity index (χ0) is 15.3. The van der Waals surface area contributed by atoms with Gasteiger partial charge in [-0.05, 0) is 39.8 Å². The van der Waals surface area contributed by atoms with Gasteiger partial charge in [-0.1, -0.05) is 31.9 Å². The number of halogens is 2. The van der Waals surface area contributed by atoms with Crippen LogP contribution in [-0.2, 0) is 9.31 Å². The Hall–Kier alpha value is -0.0751. The Labute approximate surface area is 136 Å². The van der Waals surface area contributed by atoms with E-state index in [-0.39, 0.29) is 5.75 Å². The van der Waals surface area contributed by atoms with Crippen molar-refractivity contribution in [1.29, 1.82) is 0 Å². The fourth-order valence-corrected chi connectivity index (χ4v) is 3.54. The molecule has 0 aliphatic carbocycles. The van der Waals surface area contributed by atoms with Gasteiger partial charge in [0.2, 0.25) is 0 Å². The van der Waals surface area contributed by atoms with Crippen LogP contribution < -0.4 is 5.73 Å². The monoisotopic (exact) mass is 405 g/mol. The Morgan fingerprint density at radius 2 is 1.65 bits per heavy atom. The van der Waals surface area contributed by atoms with Crippen LogP contribution in [0, 0.1) is 0 Å². The van der Waals surface area contributed by atoms with Crippen LogP contribution in [0.2, 0.25) is 0 Å². The Balaban J connectivity index is 2.33. The molecule has 1 aromatic rings. The van der Waals surface area contributed by atoms with E-state index in [0.717, 1.165) is 4.47 Å². The molecule has 0 amide bonds. The molecule has 1 heterocycles. The van der Waals surface area contributed by atoms with E-state index >= 15 is 0 Å². The molecule has 0 saturated carbocycles. The van der Waals surface area contributed by atoms with Crippen molar-refractivity contribution in [3.05, 3.63) is 26.6 Å². The van der Waals surface area contributed by atoms with E-state index in [0.29, 0.717) is 10.0 Å². The molecular formula is C13H18BBr2NO3. The molecule has 4 nitrogen and oxygen atoms in total. The van der Waals surface area contributed by atoms with E-state index in [1.54, 1.807) is 6.07 Å². The van der Waals surface area contributed by atoms with E-state index in [1.165, 1.54) is 0 Å². The molecule has 110 valence electrons. The summed E-state index contributed by atoms with van der Waals surface area (Å²) in [6, 6.07) is 3.44. The number of phenols is 1. The molecule has 1 atom stereocenters. The van der Waals surface area contributed by atoms with Crippen LogP contribution in [0.5, 0.6) is 5.75 Å². The van der Waals surface area contributed by atoms with Crippen LogP contribution in [0.25, 0.3) is 0 Å². The van der Waals surface area contributed by atoms with Gasteiger partial charge in [0.25, 0.3) is 0 Å². The molecule has 1 aromatic carbocycles. The average molecular weight is 407 g/mol. The maximum atomic E-state index is 10.1. The third-order valence-corrected chi connectivity index (χ3v) is 5.08. The lowest BCUT2D eigenvalue weighted by Crippen LogP contribution is -2.41. The lowest BCUT2D eigenvalue weighted by molar-refractivity contribution is 0.00578. The van der Waals surface area contributed by atoms with E-state index < -0.39 is 24.3 Å². The maximum Gasteiger partial charge on any atom is 0.480 e. The summed E-state index contributed by atoms with van der Waals surface area (Å²) in [7, 11) is -0.608. The fourth-order valence-electron chi connectivity index (χ4n) is 2.07. The van der Waals surface area contributed by atoms with Gasteiger partial charge >= 0.3 is 7.12 Å². The normalized spacial score (nSPS) is 22.1. The first-order valence-electron chi connectivity index (χ1n) is 6.34. The smallest absolute Gasteiger partial charge is 0.480 e.